The van der Waals surface area contributed by atoms with E-state index in [1.165, 1.54) is 6.92 Å². The monoisotopic (exact) mass is 437 g/mol. The Labute approximate surface area is 176 Å². The molecule has 1 aliphatic heterocycles. The minimum Gasteiger partial charge on any atom is -0.378 e. The number of carbonyl (C=O) groups is 3. The highest BCUT2D eigenvalue weighted by atomic mass is 32.2. The van der Waals surface area contributed by atoms with E-state index in [0.717, 1.165) is 23.3 Å². The van der Waals surface area contributed by atoms with E-state index in [-0.39, 0.29) is 12.5 Å². The van der Waals surface area contributed by atoms with Crippen molar-refractivity contribution in [3.8, 4) is 0 Å². The fourth-order valence-corrected chi connectivity index (χ4v) is 3.17. The number of benzene rings is 1. The summed E-state index contributed by atoms with van der Waals surface area (Å²) in [5, 5.41) is 6.07. The third-order valence-corrected chi connectivity index (χ3v) is 5.09. The Balaban J connectivity index is 2.08. The molecule has 0 aromatic heterocycles. The van der Waals surface area contributed by atoms with Crippen LogP contribution >= 0.6 is 0 Å². The van der Waals surface area contributed by atoms with Crippen molar-refractivity contribution in [3.63, 3.8) is 0 Å². The highest BCUT2D eigenvalue weighted by Crippen LogP contribution is 2.06. The molecule has 0 spiro atoms. The molecule has 0 unspecified atom stereocenters. The van der Waals surface area contributed by atoms with Crippen LogP contribution in [0.15, 0.2) is 41.8 Å². The number of sulfone groups is 1. The largest absolute Gasteiger partial charge is 0.378 e. The first-order valence-electron chi connectivity index (χ1n) is 9.55. The third kappa shape index (κ3) is 7.96. The summed E-state index contributed by atoms with van der Waals surface area (Å²) in [6.07, 6.45) is 2.12. The molecule has 2 rings (SSSR count). The van der Waals surface area contributed by atoms with E-state index in [2.05, 4.69) is 10.6 Å². The van der Waals surface area contributed by atoms with Crippen LogP contribution in [-0.2, 0) is 30.6 Å². The summed E-state index contributed by atoms with van der Waals surface area (Å²) < 4.78 is 27.6. The molecule has 0 saturated carbocycles. The molecule has 2 N–H and O–H groups in total. The van der Waals surface area contributed by atoms with Crippen molar-refractivity contribution in [1.29, 1.82) is 0 Å². The Bertz CT molecular complexity index is 879. The number of nitrogens with one attached hydrogen (secondary N) is 2. The third-order valence-electron chi connectivity index (χ3n) is 4.46. The van der Waals surface area contributed by atoms with Gasteiger partial charge in [0.2, 0.25) is 5.91 Å². The van der Waals surface area contributed by atoms with Gasteiger partial charge in [-0.25, -0.2) is 13.2 Å². The number of ether oxygens (including phenoxy) is 1. The predicted molar refractivity (Wildman–Crippen MR) is 111 cm³/mol. The lowest BCUT2D eigenvalue weighted by Crippen LogP contribution is -2.55. The molecule has 9 nitrogen and oxygen atoms in total. The molecule has 0 aliphatic carbocycles. The first kappa shape index (κ1) is 23.6. The van der Waals surface area contributed by atoms with Crippen molar-refractivity contribution in [2.24, 2.45) is 0 Å². The molecule has 1 aromatic carbocycles. The Morgan fingerprint density at radius 3 is 2.37 bits per heavy atom. The van der Waals surface area contributed by atoms with Crippen LogP contribution in [0.25, 0.3) is 0 Å². The molecule has 10 heteroatoms. The molecule has 0 bridgehead atoms. The molecule has 0 radical (unpaired) electrons. The van der Waals surface area contributed by atoms with Gasteiger partial charge >= 0.3 is 6.03 Å². The second kappa shape index (κ2) is 10.9. The number of morpholine rings is 1. The Hall–Kier alpha value is -2.72. The first-order valence-corrected chi connectivity index (χ1v) is 11.5. The maximum absolute atomic E-state index is 12.8. The molecule has 1 heterocycles. The molecule has 164 valence electrons. The fraction of sp³-hybridized carbons (Fsp3) is 0.450. The Kier molecular flexibility index (Phi) is 8.55. The number of hydrogen-bond donors (Lipinski definition) is 2. The van der Waals surface area contributed by atoms with Gasteiger partial charge < -0.3 is 20.3 Å². The highest BCUT2D eigenvalue weighted by Gasteiger charge is 2.27. The summed E-state index contributed by atoms with van der Waals surface area (Å²) in [7, 11) is -3.45. The number of amides is 3. The highest BCUT2D eigenvalue weighted by molar-refractivity contribution is 7.93. The van der Waals surface area contributed by atoms with Crippen molar-refractivity contribution in [1.82, 2.24) is 15.5 Å². The minimum atomic E-state index is -3.45. The van der Waals surface area contributed by atoms with Gasteiger partial charge in [-0.3, -0.25) is 9.59 Å². The van der Waals surface area contributed by atoms with Crippen molar-refractivity contribution < 1.29 is 27.5 Å². The van der Waals surface area contributed by atoms with Crippen LogP contribution in [0.5, 0.6) is 0 Å². The zero-order chi connectivity index (χ0) is 22.1. The van der Waals surface area contributed by atoms with Crippen LogP contribution in [0.2, 0.25) is 0 Å². The summed E-state index contributed by atoms with van der Waals surface area (Å²) in [5.41, 5.74) is 0.843. The number of carbonyl (C=O) groups excluding carboxylic acids is 3. The molecule has 30 heavy (non-hydrogen) atoms. The minimum absolute atomic E-state index is 0.239. The average Bonchev–Trinajstić information content (AvgIpc) is 2.72. The van der Waals surface area contributed by atoms with Crippen LogP contribution in [0.1, 0.15) is 12.5 Å². The smallest absolute Gasteiger partial charge is 0.318 e. The summed E-state index contributed by atoms with van der Waals surface area (Å²) in [5.74, 6) is -1.10. The average molecular weight is 438 g/mol. The van der Waals surface area contributed by atoms with Crippen LogP contribution in [-0.4, -0.2) is 75.7 Å². The van der Waals surface area contributed by atoms with E-state index in [9.17, 15) is 22.8 Å². The molecular weight excluding hydrogens is 410 g/mol. The van der Waals surface area contributed by atoms with Gasteiger partial charge in [-0.05, 0) is 18.6 Å². The standard InChI is InChI=1S/C20H27N3O6S/c1-15(18(24)8-13-30(2,27)28)21-19(25)17(14-16-6-4-3-5-7-16)22-20(26)23-9-11-29-12-10-23/h3-8,13,15,17H,9-12,14H2,1-2H3,(H,21,25)(H,22,26)/b13-8-/t15-,17-/m0/s1. The van der Waals surface area contributed by atoms with Gasteiger partial charge in [0.15, 0.2) is 15.6 Å². The summed E-state index contributed by atoms with van der Waals surface area (Å²) >= 11 is 0. The van der Waals surface area contributed by atoms with Crippen molar-refractivity contribution in [3.05, 3.63) is 47.4 Å². The van der Waals surface area contributed by atoms with Crippen LogP contribution < -0.4 is 10.6 Å². The topological polar surface area (TPSA) is 122 Å². The van der Waals surface area contributed by atoms with Gasteiger partial charge in [-0.1, -0.05) is 30.3 Å². The normalized spacial score (nSPS) is 16.7. The summed E-state index contributed by atoms with van der Waals surface area (Å²) in [4.78, 5) is 39.1. The molecule has 1 aliphatic rings. The first-order chi connectivity index (χ1) is 14.2. The van der Waals surface area contributed by atoms with E-state index in [1.807, 2.05) is 30.3 Å². The van der Waals surface area contributed by atoms with Crippen molar-refractivity contribution in [2.45, 2.75) is 25.4 Å². The lowest BCUT2D eigenvalue weighted by atomic mass is 10.0. The van der Waals surface area contributed by atoms with Gasteiger partial charge in [0.05, 0.1) is 19.3 Å². The maximum atomic E-state index is 12.8. The molecular formula is C20H27N3O6S. The van der Waals surface area contributed by atoms with Crippen LogP contribution in [0, 0.1) is 0 Å². The number of urea groups is 1. The van der Waals surface area contributed by atoms with Gasteiger partial charge in [-0.2, -0.15) is 0 Å². The van der Waals surface area contributed by atoms with Crippen LogP contribution in [0.3, 0.4) is 0 Å². The molecule has 2 atom stereocenters. The molecule has 1 saturated heterocycles. The van der Waals surface area contributed by atoms with E-state index in [4.69, 9.17) is 4.74 Å². The molecule has 1 fully saturated rings. The van der Waals surface area contributed by atoms with E-state index in [1.54, 1.807) is 4.90 Å². The number of ketones is 1. The zero-order valence-electron chi connectivity index (χ0n) is 17.0. The maximum Gasteiger partial charge on any atom is 0.318 e. The van der Waals surface area contributed by atoms with Gasteiger partial charge in [0, 0.05) is 31.2 Å². The van der Waals surface area contributed by atoms with E-state index >= 15 is 0 Å². The predicted octanol–water partition coefficient (Wildman–Crippen LogP) is 0.272. The summed E-state index contributed by atoms with van der Waals surface area (Å²) in [6, 6.07) is 6.94. The van der Waals surface area contributed by atoms with E-state index < -0.39 is 33.6 Å². The zero-order valence-corrected chi connectivity index (χ0v) is 17.9. The summed E-state index contributed by atoms with van der Waals surface area (Å²) in [6.45, 7) is 3.17. The quantitative estimate of drug-likeness (QED) is 0.563. The number of rotatable bonds is 8. The van der Waals surface area contributed by atoms with Crippen LogP contribution in [0.4, 0.5) is 4.79 Å². The van der Waals surface area contributed by atoms with Crippen molar-refractivity contribution >= 4 is 27.6 Å². The number of hydrogen-bond acceptors (Lipinski definition) is 6. The Morgan fingerprint density at radius 1 is 1.13 bits per heavy atom. The second-order valence-corrected chi connectivity index (χ2v) is 8.99. The lowest BCUT2D eigenvalue weighted by molar-refractivity contribution is -0.126. The molecule has 1 aromatic rings. The van der Waals surface area contributed by atoms with Crippen molar-refractivity contribution in [2.75, 3.05) is 32.6 Å². The second-order valence-electron chi connectivity index (χ2n) is 7.06. The van der Waals surface area contributed by atoms with Gasteiger partial charge in [-0.15, -0.1) is 0 Å². The van der Waals surface area contributed by atoms with E-state index in [0.29, 0.717) is 26.3 Å². The number of nitrogens with zero attached hydrogens (tertiary/aromatic N) is 1. The van der Waals surface area contributed by atoms with Gasteiger partial charge in [0.25, 0.3) is 0 Å². The Morgan fingerprint density at radius 2 is 1.77 bits per heavy atom. The SMILES string of the molecule is C[C@H](NC(=O)[C@H](Cc1ccccc1)NC(=O)N1CCOCC1)C(=O)/C=C\S(C)(=O)=O. The fourth-order valence-electron chi connectivity index (χ4n) is 2.79. The molecule has 3 amide bonds. The lowest BCUT2D eigenvalue weighted by Gasteiger charge is -2.29. The van der Waals surface area contributed by atoms with Gasteiger partial charge in [0.1, 0.15) is 6.04 Å².